The number of rotatable bonds is 3. The Morgan fingerprint density at radius 1 is 1.12 bits per heavy atom. The molecule has 1 aliphatic heterocycles. The fraction of sp³-hybridized carbons (Fsp3) is 0.250. The Kier molecular flexibility index (Phi) is 5.30. The van der Waals surface area contributed by atoms with Gasteiger partial charge in [-0.2, -0.15) is 10.2 Å². The van der Waals surface area contributed by atoms with E-state index in [0.717, 1.165) is 15.7 Å². The van der Waals surface area contributed by atoms with E-state index < -0.39 is 6.17 Å². The maximum absolute atomic E-state index is 12.4. The first-order chi connectivity index (χ1) is 12.3. The van der Waals surface area contributed by atoms with E-state index in [0.29, 0.717) is 10.6 Å². The van der Waals surface area contributed by atoms with Crippen molar-refractivity contribution in [2.45, 2.75) is 32.4 Å². The van der Waals surface area contributed by atoms with Gasteiger partial charge in [-0.3, -0.25) is 4.79 Å². The first-order valence-electron chi connectivity index (χ1n) is 8.24. The molecular formula is C20H19BrClN3O. The van der Waals surface area contributed by atoms with Crippen LogP contribution in [0.25, 0.3) is 5.70 Å². The van der Waals surface area contributed by atoms with Crippen molar-refractivity contribution in [3.63, 3.8) is 0 Å². The van der Waals surface area contributed by atoms with Crippen molar-refractivity contribution in [3.8, 4) is 0 Å². The Hall–Kier alpha value is -1.98. The van der Waals surface area contributed by atoms with E-state index in [1.54, 1.807) is 24.3 Å². The molecule has 0 aliphatic carbocycles. The molecule has 2 aromatic rings. The second kappa shape index (κ2) is 7.33. The van der Waals surface area contributed by atoms with Crippen molar-refractivity contribution >= 4 is 39.1 Å². The van der Waals surface area contributed by atoms with Gasteiger partial charge in [-0.05, 0) is 39.0 Å². The zero-order chi connectivity index (χ0) is 18.9. The summed E-state index contributed by atoms with van der Waals surface area (Å²) in [6, 6.07) is 15.1. The summed E-state index contributed by atoms with van der Waals surface area (Å²) in [5.74, 6) is -0.291. The number of amides is 1. The van der Waals surface area contributed by atoms with Gasteiger partial charge in [0.2, 0.25) is 0 Å². The van der Waals surface area contributed by atoms with Gasteiger partial charge in [0.1, 0.15) is 5.70 Å². The van der Waals surface area contributed by atoms with Gasteiger partial charge < -0.3 is 5.32 Å². The Labute approximate surface area is 166 Å². The quantitative estimate of drug-likeness (QED) is 0.643. The number of halogens is 2. The highest BCUT2D eigenvalue weighted by Crippen LogP contribution is 2.34. The molecule has 6 heteroatoms. The standard InChI is InChI=1S/C20H19BrClN3O/c1-20(2,3)13-10-8-12(9-11-13)17-16(21)18(25-24-17)23-19(26)14-6-4-5-7-15(14)22/h4-11,18H,1-3H3,(H,23,26). The number of carbonyl (C=O) groups is 1. The van der Waals surface area contributed by atoms with Gasteiger partial charge in [0.25, 0.3) is 5.91 Å². The van der Waals surface area contributed by atoms with Gasteiger partial charge in [0.05, 0.1) is 15.1 Å². The zero-order valence-corrected chi connectivity index (χ0v) is 17.1. The molecule has 0 bridgehead atoms. The van der Waals surface area contributed by atoms with Crippen LogP contribution in [0.2, 0.25) is 5.02 Å². The predicted octanol–water partition coefficient (Wildman–Crippen LogP) is 5.92. The summed E-state index contributed by atoms with van der Waals surface area (Å²) >= 11 is 9.61. The van der Waals surface area contributed by atoms with Gasteiger partial charge in [-0.15, -0.1) is 0 Å². The van der Waals surface area contributed by atoms with Crippen LogP contribution in [0.4, 0.5) is 0 Å². The lowest BCUT2D eigenvalue weighted by Crippen LogP contribution is -2.32. The minimum absolute atomic E-state index is 0.0901. The molecule has 0 spiro atoms. The van der Waals surface area contributed by atoms with Crippen molar-refractivity contribution in [2.24, 2.45) is 10.2 Å². The van der Waals surface area contributed by atoms with Crippen molar-refractivity contribution in [1.82, 2.24) is 5.32 Å². The Morgan fingerprint density at radius 3 is 2.38 bits per heavy atom. The highest BCUT2D eigenvalue weighted by atomic mass is 79.9. The van der Waals surface area contributed by atoms with E-state index in [9.17, 15) is 4.79 Å². The SMILES string of the molecule is CC(C)(C)c1ccc(C2=C(Br)C(NC(=O)c3ccccc3Cl)N=N2)cc1. The second-order valence-corrected chi connectivity index (χ2v) is 8.36. The molecule has 1 amide bonds. The van der Waals surface area contributed by atoms with Crippen LogP contribution in [0.3, 0.4) is 0 Å². The largest absolute Gasteiger partial charge is 0.324 e. The number of nitrogens with one attached hydrogen (secondary N) is 1. The first-order valence-corrected chi connectivity index (χ1v) is 9.41. The van der Waals surface area contributed by atoms with E-state index in [-0.39, 0.29) is 11.3 Å². The third-order valence-corrected chi connectivity index (χ3v) is 5.29. The average molecular weight is 433 g/mol. The molecule has 134 valence electrons. The third-order valence-electron chi connectivity index (χ3n) is 4.15. The zero-order valence-electron chi connectivity index (χ0n) is 14.8. The van der Waals surface area contributed by atoms with Crippen LogP contribution < -0.4 is 5.32 Å². The number of carbonyl (C=O) groups excluding carboxylic acids is 1. The highest BCUT2D eigenvalue weighted by molar-refractivity contribution is 9.11. The van der Waals surface area contributed by atoms with E-state index >= 15 is 0 Å². The van der Waals surface area contributed by atoms with Crippen molar-refractivity contribution < 1.29 is 4.79 Å². The van der Waals surface area contributed by atoms with Crippen LogP contribution in [-0.4, -0.2) is 12.1 Å². The van der Waals surface area contributed by atoms with E-state index in [1.165, 1.54) is 5.56 Å². The van der Waals surface area contributed by atoms with Gasteiger partial charge in [-0.25, -0.2) is 0 Å². The minimum atomic E-state index is -0.559. The topological polar surface area (TPSA) is 53.8 Å². The van der Waals surface area contributed by atoms with Crippen LogP contribution in [0.15, 0.2) is 63.2 Å². The van der Waals surface area contributed by atoms with Crippen LogP contribution in [0.5, 0.6) is 0 Å². The molecule has 1 heterocycles. The van der Waals surface area contributed by atoms with Crippen LogP contribution in [0.1, 0.15) is 42.3 Å². The van der Waals surface area contributed by atoms with E-state index in [4.69, 9.17) is 11.6 Å². The predicted molar refractivity (Wildman–Crippen MR) is 109 cm³/mol. The molecule has 0 saturated carbocycles. The molecule has 2 aromatic carbocycles. The van der Waals surface area contributed by atoms with E-state index in [1.807, 2.05) is 12.1 Å². The molecule has 1 aliphatic rings. The molecule has 3 rings (SSSR count). The summed E-state index contributed by atoms with van der Waals surface area (Å²) in [5, 5.41) is 11.6. The molecule has 0 aromatic heterocycles. The van der Waals surface area contributed by atoms with Crippen LogP contribution in [0, 0.1) is 0 Å². The monoisotopic (exact) mass is 431 g/mol. The minimum Gasteiger partial charge on any atom is -0.324 e. The maximum Gasteiger partial charge on any atom is 0.254 e. The van der Waals surface area contributed by atoms with E-state index in [2.05, 4.69) is 64.4 Å². The number of benzene rings is 2. The van der Waals surface area contributed by atoms with Crippen LogP contribution in [-0.2, 0) is 5.41 Å². The van der Waals surface area contributed by atoms with Crippen molar-refractivity contribution in [1.29, 1.82) is 0 Å². The molecular weight excluding hydrogens is 414 g/mol. The Morgan fingerprint density at radius 2 is 1.77 bits per heavy atom. The number of hydrogen-bond acceptors (Lipinski definition) is 3. The number of nitrogens with zero attached hydrogens (tertiary/aromatic N) is 2. The lowest BCUT2D eigenvalue weighted by Gasteiger charge is -2.19. The fourth-order valence-corrected chi connectivity index (χ4v) is 3.34. The molecule has 4 nitrogen and oxygen atoms in total. The molecule has 1 atom stereocenters. The lowest BCUT2D eigenvalue weighted by atomic mass is 9.86. The molecule has 0 fully saturated rings. The number of azo groups is 1. The molecule has 1 N–H and O–H groups in total. The highest BCUT2D eigenvalue weighted by Gasteiger charge is 2.26. The summed E-state index contributed by atoms with van der Waals surface area (Å²) in [7, 11) is 0. The Bertz CT molecular complexity index is 898. The Balaban J connectivity index is 1.79. The molecule has 0 radical (unpaired) electrons. The maximum atomic E-state index is 12.4. The first kappa shape index (κ1) is 18.8. The van der Waals surface area contributed by atoms with Gasteiger partial charge in [-0.1, -0.05) is 68.8 Å². The van der Waals surface area contributed by atoms with Gasteiger partial charge >= 0.3 is 0 Å². The summed E-state index contributed by atoms with van der Waals surface area (Å²) in [6.45, 7) is 6.52. The van der Waals surface area contributed by atoms with Crippen molar-refractivity contribution in [3.05, 3.63) is 74.7 Å². The lowest BCUT2D eigenvalue weighted by molar-refractivity contribution is 0.0945. The smallest absolute Gasteiger partial charge is 0.254 e. The normalized spacial score (nSPS) is 16.9. The van der Waals surface area contributed by atoms with Crippen LogP contribution >= 0.6 is 27.5 Å². The number of hydrogen-bond donors (Lipinski definition) is 1. The summed E-state index contributed by atoms with van der Waals surface area (Å²) in [6.07, 6.45) is -0.559. The molecule has 0 saturated heterocycles. The molecule has 1 unspecified atom stereocenters. The van der Waals surface area contributed by atoms with Gasteiger partial charge in [0, 0.05) is 5.56 Å². The molecule has 26 heavy (non-hydrogen) atoms. The van der Waals surface area contributed by atoms with Crippen molar-refractivity contribution in [2.75, 3.05) is 0 Å². The average Bonchev–Trinajstić information content (AvgIpc) is 2.95. The third kappa shape index (κ3) is 3.89. The van der Waals surface area contributed by atoms with Gasteiger partial charge in [0.15, 0.2) is 6.17 Å². The second-order valence-electron chi connectivity index (χ2n) is 7.10. The summed E-state index contributed by atoms with van der Waals surface area (Å²) in [4.78, 5) is 12.4. The fourth-order valence-electron chi connectivity index (χ4n) is 2.61. The summed E-state index contributed by atoms with van der Waals surface area (Å²) in [5.41, 5.74) is 3.41. The summed E-state index contributed by atoms with van der Waals surface area (Å²) < 4.78 is 0.724.